The molecule has 2 aromatic carbocycles. The van der Waals surface area contributed by atoms with E-state index in [1.165, 1.54) is 6.92 Å². The molecule has 7 heteroatoms. The summed E-state index contributed by atoms with van der Waals surface area (Å²) in [6, 6.07) is 16.5. The summed E-state index contributed by atoms with van der Waals surface area (Å²) in [5.74, 6) is -1.14. The van der Waals surface area contributed by atoms with Gasteiger partial charge in [0.25, 0.3) is 11.8 Å². The number of hydrogen-bond acceptors (Lipinski definition) is 6. The van der Waals surface area contributed by atoms with Gasteiger partial charge >= 0.3 is 5.97 Å². The zero-order chi connectivity index (χ0) is 19.7. The topological polar surface area (TPSA) is 89.7 Å². The van der Waals surface area contributed by atoms with E-state index in [4.69, 9.17) is 9.26 Å². The summed E-state index contributed by atoms with van der Waals surface area (Å²) >= 11 is 0. The second-order valence-corrected chi connectivity index (χ2v) is 6.36. The lowest BCUT2D eigenvalue weighted by molar-refractivity contribution is -0.149. The summed E-state index contributed by atoms with van der Waals surface area (Å²) in [6.07, 6.45) is 0. The highest BCUT2D eigenvalue weighted by Crippen LogP contribution is 2.25. The molecule has 0 bridgehead atoms. The Bertz CT molecular complexity index is 1020. The molecule has 0 unspecified atom stereocenters. The normalized spacial score (nSPS) is 14.1. The third-order valence-electron chi connectivity index (χ3n) is 4.53. The molecule has 2 amide bonds. The Hall–Kier alpha value is -3.74. The lowest BCUT2D eigenvalue weighted by Gasteiger charge is -2.20. The van der Waals surface area contributed by atoms with Gasteiger partial charge in [0.05, 0.1) is 11.1 Å². The van der Waals surface area contributed by atoms with Gasteiger partial charge in [-0.05, 0) is 19.1 Å². The van der Waals surface area contributed by atoms with Crippen LogP contribution in [-0.4, -0.2) is 33.9 Å². The van der Waals surface area contributed by atoms with Crippen molar-refractivity contribution < 1.29 is 23.6 Å². The van der Waals surface area contributed by atoms with Crippen LogP contribution in [0.4, 0.5) is 0 Å². The Labute approximate surface area is 160 Å². The van der Waals surface area contributed by atoms with Crippen LogP contribution >= 0.6 is 0 Å². The fourth-order valence-corrected chi connectivity index (χ4v) is 3.05. The number of carbonyl (C=O) groups is 3. The van der Waals surface area contributed by atoms with E-state index in [0.717, 1.165) is 10.5 Å². The monoisotopic (exact) mass is 376 g/mol. The van der Waals surface area contributed by atoms with Gasteiger partial charge in [0.2, 0.25) is 0 Å². The second-order valence-electron chi connectivity index (χ2n) is 6.36. The number of fused-ring (bicyclic) bond motifs is 1. The molecular weight excluding hydrogens is 360 g/mol. The van der Waals surface area contributed by atoms with Gasteiger partial charge in [-0.15, -0.1) is 0 Å². The van der Waals surface area contributed by atoms with Crippen molar-refractivity contribution in [3.05, 3.63) is 77.5 Å². The molecular formula is C21H16N2O5. The zero-order valence-electron chi connectivity index (χ0n) is 15.0. The summed E-state index contributed by atoms with van der Waals surface area (Å²) in [7, 11) is 0. The molecule has 0 saturated heterocycles. The number of hydrogen-bond donors (Lipinski definition) is 0. The Kier molecular flexibility index (Phi) is 4.49. The third kappa shape index (κ3) is 3.07. The van der Waals surface area contributed by atoms with Crippen molar-refractivity contribution in [3.63, 3.8) is 0 Å². The SMILES string of the molecule is C[C@H](C(=O)OCc1cc(-c2ccccc2)on1)N1C(=O)c2ccccc2C1=O. The molecule has 1 aliphatic rings. The number of imide groups is 1. The maximum Gasteiger partial charge on any atom is 0.329 e. The molecule has 1 atom stereocenters. The van der Waals surface area contributed by atoms with Crippen LogP contribution in [0.3, 0.4) is 0 Å². The van der Waals surface area contributed by atoms with E-state index in [-0.39, 0.29) is 17.7 Å². The Balaban J connectivity index is 1.42. The highest BCUT2D eigenvalue weighted by molar-refractivity contribution is 6.22. The average molecular weight is 376 g/mol. The van der Waals surface area contributed by atoms with Crippen LogP contribution in [0.1, 0.15) is 33.3 Å². The van der Waals surface area contributed by atoms with Crippen molar-refractivity contribution in [2.45, 2.75) is 19.6 Å². The molecule has 0 saturated carbocycles. The van der Waals surface area contributed by atoms with E-state index in [9.17, 15) is 14.4 Å². The molecule has 1 aliphatic heterocycles. The summed E-state index contributed by atoms with van der Waals surface area (Å²) < 4.78 is 10.5. The largest absolute Gasteiger partial charge is 0.458 e. The van der Waals surface area contributed by atoms with Crippen molar-refractivity contribution in [2.24, 2.45) is 0 Å². The van der Waals surface area contributed by atoms with Crippen molar-refractivity contribution >= 4 is 17.8 Å². The molecule has 28 heavy (non-hydrogen) atoms. The molecule has 3 aromatic rings. The first kappa shape index (κ1) is 17.7. The van der Waals surface area contributed by atoms with Crippen LogP contribution in [-0.2, 0) is 16.1 Å². The molecule has 1 aromatic heterocycles. The minimum Gasteiger partial charge on any atom is -0.458 e. The summed E-state index contributed by atoms with van der Waals surface area (Å²) in [4.78, 5) is 38.2. The zero-order valence-corrected chi connectivity index (χ0v) is 15.0. The standard InChI is InChI=1S/C21H16N2O5/c1-13(23-19(24)16-9-5-6-10-17(16)20(23)25)21(26)27-12-15-11-18(28-22-15)14-7-3-2-4-8-14/h2-11,13H,12H2,1H3/t13-/m1/s1. The van der Waals surface area contributed by atoms with Crippen LogP contribution in [0.5, 0.6) is 0 Å². The van der Waals surface area contributed by atoms with Crippen molar-refractivity contribution in [2.75, 3.05) is 0 Å². The van der Waals surface area contributed by atoms with E-state index in [0.29, 0.717) is 11.5 Å². The van der Waals surface area contributed by atoms with Crippen molar-refractivity contribution in [3.8, 4) is 11.3 Å². The molecule has 140 valence electrons. The number of ether oxygens (including phenoxy) is 1. The Morgan fingerprint density at radius 1 is 1.04 bits per heavy atom. The molecule has 0 N–H and O–H groups in total. The minimum atomic E-state index is -1.05. The van der Waals surface area contributed by atoms with E-state index in [2.05, 4.69) is 5.16 Å². The third-order valence-corrected chi connectivity index (χ3v) is 4.53. The molecule has 0 aliphatic carbocycles. The number of carbonyl (C=O) groups excluding carboxylic acids is 3. The van der Waals surface area contributed by atoms with Crippen LogP contribution in [0.15, 0.2) is 65.2 Å². The van der Waals surface area contributed by atoms with Crippen molar-refractivity contribution in [1.82, 2.24) is 10.1 Å². The number of rotatable bonds is 5. The quantitative estimate of drug-likeness (QED) is 0.502. The first-order valence-corrected chi connectivity index (χ1v) is 8.71. The highest BCUT2D eigenvalue weighted by atomic mass is 16.5. The van der Waals surface area contributed by atoms with Crippen LogP contribution in [0, 0.1) is 0 Å². The van der Waals surface area contributed by atoms with E-state index >= 15 is 0 Å². The van der Waals surface area contributed by atoms with Gasteiger partial charge < -0.3 is 9.26 Å². The summed E-state index contributed by atoms with van der Waals surface area (Å²) in [5, 5.41) is 3.88. The fourth-order valence-electron chi connectivity index (χ4n) is 3.05. The van der Waals surface area contributed by atoms with Crippen LogP contribution in [0.2, 0.25) is 0 Å². The molecule has 7 nitrogen and oxygen atoms in total. The maximum absolute atomic E-state index is 12.5. The number of benzene rings is 2. The molecule has 0 spiro atoms. The molecule has 2 heterocycles. The maximum atomic E-state index is 12.5. The van der Waals surface area contributed by atoms with Gasteiger partial charge in [0.15, 0.2) is 5.76 Å². The first-order valence-electron chi connectivity index (χ1n) is 8.71. The van der Waals surface area contributed by atoms with E-state index in [1.54, 1.807) is 30.3 Å². The summed E-state index contributed by atoms with van der Waals surface area (Å²) in [6.45, 7) is 1.34. The summed E-state index contributed by atoms with van der Waals surface area (Å²) in [5.41, 5.74) is 1.86. The van der Waals surface area contributed by atoms with Crippen LogP contribution in [0.25, 0.3) is 11.3 Å². The van der Waals surface area contributed by atoms with Gasteiger partial charge in [-0.3, -0.25) is 14.5 Å². The molecule has 0 fully saturated rings. The van der Waals surface area contributed by atoms with E-state index < -0.39 is 23.8 Å². The Morgan fingerprint density at radius 2 is 1.64 bits per heavy atom. The highest BCUT2D eigenvalue weighted by Gasteiger charge is 2.41. The first-order chi connectivity index (χ1) is 13.6. The van der Waals surface area contributed by atoms with Gasteiger partial charge in [0, 0.05) is 11.6 Å². The number of nitrogens with zero attached hydrogens (tertiary/aromatic N) is 2. The lowest BCUT2D eigenvalue weighted by atomic mass is 10.1. The number of amides is 2. The van der Waals surface area contributed by atoms with Gasteiger partial charge in [-0.2, -0.15) is 0 Å². The van der Waals surface area contributed by atoms with E-state index in [1.807, 2.05) is 30.3 Å². The van der Waals surface area contributed by atoms with Gasteiger partial charge in [0.1, 0.15) is 18.3 Å². The smallest absolute Gasteiger partial charge is 0.329 e. The Morgan fingerprint density at radius 3 is 2.29 bits per heavy atom. The second kappa shape index (κ2) is 7.11. The molecule has 4 rings (SSSR count). The number of aromatic nitrogens is 1. The minimum absolute atomic E-state index is 0.122. The van der Waals surface area contributed by atoms with Crippen molar-refractivity contribution in [1.29, 1.82) is 0 Å². The van der Waals surface area contributed by atoms with Gasteiger partial charge in [-0.25, -0.2) is 4.79 Å². The molecule has 0 radical (unpaired) electrons. The predicted molar refractivity (Wildman–Crippen MR) is 98.1 cm³/mol. The number of esters is 1. The van der Waals surface area contributed by atoms with Gasteiger partial charge in [-0.1, -0.05) is 47.6 Å². The predicted octanol–water partition coefficient (Wildman–Crippen LogP) is 3.07. The lowest BCUT2D eigenvalue weighted by Crippen LogP contribution is -2.43. The average Bonchev–Trinajstić information content (AvgIpc) is 3.30. The van der Waals surface area contributed by atoms with Crippen LogP contribution < -0.4 is 0 Å². The fraction of sp³-hybridized carbons (Fsp3) is 0.143.